The van der Waals surface area contributed by atoms with E-state index in [9.17, 15) is 4.79 Å². The average molecular weight is 280 g/mol. The van der Waals surface area contributed by atoms with Gasteiger partial charge in [0.2, 0.25) is 0 Å². The zero-order valence-electron chi connectivity index (χ0n) is 13.2. The van der Waals surface area contributed by atoms with Crippen molar-refractivity contribution < 1.29 is 9.90 Å². The molecule has 0 aliphatic rings. The lowest BCUT2D eigenvalue weighted by atomic mass is 10.1. The zero-order chi connectivity index (χ0) is 14.9. The lowest BCUT2D eigenvalue weighted by Crippen LogP contribution is -1.93. The second-order valence-electron chi connectivity index (χ2n) is 5.37. The molecule has 0 aromatic rings. The smallest absolute Gasteiger partial charge is 0.303 e. The van der Waals surface area contributed by atoms with Gasteiger partial charge in [-0.15, -0.1) is 0 Å². The van der Waals surface area contributed by atoms with Crippen LogP contribution in [0.3, 0.4) is 0 Å². The quantitative estimate of drug-likeness (QED) is 0.318. The molecule has 0 rings (SSSR count). The van der Waals surface area contributed by atoms with Gasteiger partial charge in [0.1, 0.15) is 0 Å². The van der Waals surface area contributed by atoms with E-state index in [4.69, 9.17) is 5.11 Å². The SMILES string of the molecule is CCCCCC=CC/C=C\CCCCCCCC(=O)O. The van der Waals surface area contributed by atoms with Crippen LogP contribution in [0.2, 0.25) is 0 Å². The number of hydrogen-bond acceptors (Lipinski definition) is 1. The van der Waals surface area contributed by atoms with Crippen molar-refractivity contribution in [3.05, 3.63) is 24.3 Å². The average Bonchev–Trinajstić information content (AvgIpc) is 2.43. The Bertz CT molecular complexity index is 267. The molecule has 0 saturated carbocycles. The van der Waals surface area contributed by atoms with E-state index in [-0.39, 0.29) is 0 Å². The van der Waals surface area contributed by atoms with E-state index in [0.29, 0.717) is 6.42 Å². The van der Waals surface area contributed by atoms with Gasteiger partial charge >= 0.3 is 5.97 Å². The van der Waals surface area contributed by atoms with Crippen molar-refractivity contribution in [1.82, 2.24) is 0 Å². The molecule has 0 bridgehead atoms. The van der Waals surface area contributed by atoms with E-state index in [1.807, 2.05) is 0 Å². The highest BCUT2D eigenvalue weighted by molar-refractivity contribution is 5.66. The Morgan fingerprint density at radius 1 is 0.800 bits per heavy atom. The molecule has 0 aliphatic heterocycles. The Kier molecular flexibility index (Phi) is 15.2. The molecule has 0 aromatic carbocycles. The third kappa shape index (κ3) is 16.9. The van der Waals surface area contributed by atoms with Crippen LogP contribution < -0.4 is 0 Å². The van der Waals surface area contributed by atoms with E-state index in [2.05, 4.69) is 31.2 Å². The van der Waals surface area contributed by atoms with Crippen molar-refractivity contribution in [2.45, 2.75) is 84.0 Å². The summed E-state index contributed by atoms with van der Waals surface area (Å²) in [6.45, 7) is 2.23. The van der Waals surface area contributed by atoms with Crippen molar-refractivity contribution in [1.29, 1.82) is 0 Å². The molecule has 0 spiro atoms. The number of carboxylic acids is 1. The number of carboxylic acid groups (broad SMARTS) is 1. The van der Waals surface area contributed by atoms with Gasteiger partial charge in [-0.25, -0.2) is 0 Å². The van der Waals surface area contributed by atoms with Crippen LogP contribution in [0.1, 0.15) is 84.0 Å². The Morgan fingerprint density at radius 2 is 1.35 bits per heavy atom. The maximum atomic E-state index is 10.3. The van der Waals surface area contributed by atoms with Crippen molar-refractivity contribution in [2.75, 3.05) is 0 Å². The molecule has 0 aromatic heterocycles. The number of unbranched alkanes of at least 4 members (excludes halogenated alkanes) is 8. The van der Waals surface area contributed by atoms with E-state index in [0.717, 1.165) is 25.7 Å². The highest BCUT2D eigenvalue weighted by Gasteiger charge is 1.95. The molecule has 0 fully saturated rings. The van der Waals surface area contributed by atoms with Crippen molar-refractivity contribution in [3.63, 3.8) is 0 Å². The molecule has 2 nitrogen and oxygen atoms in total. The summed E-state index contributed by atoms with van der Waals surface area (Å²) in [5, 5.41) is 8.50. The number of hydrogen-bond donors (Lipinski definition) is 1. The van der Waals surface area contributed by atoms with E-state index in [1.54, 1.807) is 0 Å². The minimum absolute atomic E-state index is 0.324. The Hall–Kier alpha value is -1.05. The molecule has 0 heterocycles. The Labute approximate surface area is 125 Å². The number of carbonyl (C=O) groups is 1. The van der Waals surface area contributed by atoms with E-state index in [1.165, 1.54) is 44.9 Å². The van der Waals surface area contributed by atoms with Crippen LogP contribution in [0.4, 0.5) is 0 Å². The van der Waals surface area contributed by atoms with E-state index < -0.39 is 5.97 Å². The van der Waals surface area contributed by atoms with Crippen LogP contribution in [0.25, 0.3) is 0 Å². The lowest BCUT2D eigenvalue weighted by molar-refractivity contribution is -0.137. The highest BCUT2D eigenvalue weighted by Crippen LogP contribution is 2.08. The molecule has 2 heteroatoms. The van der Waals surface area contributed by atoms with Gasteiger partial charge in [0, 0.05) is 6.42 Å². The van der Waals surface area contributed by atoms with Crippen LogP contribution >= 0.6 is 0 Å². The van der Waals surface area contributed by atoms with Gasteiger partial charge in [0.05, 0.1) is 0 Å². The summed E-state index contributed by atoms with van der Waals surface area (Å²) in [6, 6.07) is 0. The number of rotatable bonds is 14. The van der Waals surface area contributed by atoms with Gasteiger partial charge < -0.3 is 5.11 Å². The van der Waals surface area contributed by atoms with Gasteiger partial charge in [-0.1, -0.05) is 63.3 Å². The third-order valence-corrected chi connectivity index (χ3v) is 3.34. The highest BCUT2D eigenvalue weighted by atomic mass is 16.4. The largest absolute Gasteiger partial charge is 0.481 e. The van der Waals surface area contributed by atoms with Crippen LogP contribution in [-0.4, -0.2) is 11.1 Å². The minimum atomic E-state index is -0.671. The van der Waals surface area contributed by atoms with E-state index >= 15 is 0 Å². The number of aliphatic carboxylic acids is 1. The molecule has 0 saturated heterocycles. The standard InChI is InChI=1S/C18H32O2/c1-2-3-4-5-6-7-8-9-10-11-12-13-14-15-16-17-18(19)20/h6-7,9-10H,2-5,8,11-17H2,1H3,(H,19,20)/b7-6?,10-9-. The van der Waals surface area contributed by atoms with Crippen molar-refractivity contribution in [3.8, 4) is 0 Å². The molecule has 1 N–H and O–H groups in total. The van der Waals surface area contributed by atoms with Gasteiger partial charge in [-0.3, -0.25) is 4.79 Å². The minimum Gasteiger partial charge on any atom is -0.481 e. The monoisotopic (exact) mass is 280 g/mol. The van der Waals surface area contributed by atoms with Crippen molar-refractivity contribution >= 4 is 5.97 Å². The summed E-state index contributed by atoms with van der Waals surface area (Å²) >= 11 is 0. The van der Waals surface area contributed by atoms with Gasteiger partial charge in [-0.05, 0) is 38.5 Å². The summed E-state index contributed by atoms with van der Waals surface area (Å²) < 4.78 is 0. The summed E-state index contributed by atoms with van der Waals surface area (Å²) in [7, 11) is 0. The molecule has 0 aliphatic carbocycles. The lowest BCUT2D eigenvalue weighted by Gasteiger charge is -1.98. The first-order valence-corrected chi connectivity index (χ1v) is 8.29. The summed E-state index contributed by atoms with van der Waals surface area (Å²) in [4.78, 5) is 10.3. The second kappa shape index (κ2) is 16.0. The first-order chi connectivity index (χ1) is 9.77. The molecule has 0 amide bonds. The predicted molar refractivity (Wildman–Crippen MR) is 87.0 cm³/mol. The molecular weight excluding hydrogens is 248 g/mol. The Balaban J connectivity index is 3.17. The van der Waals surface area contributed by atoms with Crippen LogP contribution in [0, 0.1) is 0 Å². The maximum absolute atomic E-state index is 10.3. The van der Waals surface area contributed by atoms with Gasteiger partial charge in [-0.2, -0.15) is 0 Å². The van der Waals surface area contributed by atoms with Gasteiger partial charge in [0.25, 0.3) is 0 Å². The molecule has 0 radical (unpaired) electrons. The summed E-state index contributed by atoms with van der Waals surface area (Å²) in [5.74, 6) is -0.671. The predicted octanol–water partition coefficient (Wildman–Crippen LogP) is 5.88. The first kappa shape index (κ1) is 18.9. The first-order valence-electron chi connectivity index (χ1n) is 8.29. The number of allylic oxidation sites excluding steroid dienone is 4. The molecule has 0 atom stereocenters. The van der Waals surface area contributed by atoms with Crippen LogP contribution in [0.5, 0.6) is 0 Å². The fourth-order valence-corrected chi connectivity index (χ4v) is 2.09. The van der Waals surface area contributed by atoms with Crippen molar-refractivity contribution in [2.24, 2.45) is 0 Å². The topological polar surface area (TPSA) is 37.3 Å². The second-order valence-corrected chi connectivity index (χ2v) is 5.37. The Morgan fingerprint density at radius 3 is 1.95 bits per heavy atom. The van der Waals surface area contributed by atoms with Crippen LogP contribution in [-0.2, 0) is 4.79 Å². The fourth-order valence-electron chi connectivity index (χ4n) is 2.09. The normalized spacial score (nSPS) is 11.7. The molecular formula is C18H32O2. The maximum Gasteiger partial charge on any atom is 0.303 e. The molecule has 116 valence electrons. The molecule has 0 unspecified atom stereocenters. The zero-order valence-corrected chi connectivity index (χ0v) is 13.2. The molecule has 20 heavy (non-hydrogen) atoms. The van der Waals surface area contributed by atoms with Crippen LogP contribution in [0.15, 0.2) is 24.3 Å². The van der Waals surface area contributed by atoms with Gasteiger partial charge in [0.15, 0.2) is 0 Å². The summed E-state index contributed by atoms with van der Waals surface area (Å²) in [6.07, 6.45) is 22.3. The summed E-state index contributed by atoms with van der Waals surface area (Å²) in [5.41, 5.74) is 0. The third-order valence-electron chi connectivity index (χ3n) is 3.34. The fraction of sp³-hybridized carbons (Fsp3) is 0.722.